The molecule has 2 amide bonds. The molecule has 1 aromatic heterocycles. The third-order valence-electron chi connectivity index (χ3n) is 4.22. The van der Waals surface area contributed by atoms with Gasteiger partial charge in [-0.05, 0) is 43.3 Å². The molecule has 30 heavy (non-hydrogen) atoms. The number of hydrogen-bond acceptors (Lipinski definition) is 5. The molecule has 0 spiro atoms. The van der Waals surface area contributed by atoms with Gasteiger partial charge in [0.2, 0.25) is 5.91 Å². The zero-order valence-electron chi connectivity index (χ0n) is 16.3. The van der Waals surface area contributed by atoms with Crippen molar-refractivity contribution >= 4 is 28.3 Å². The zero-order chi connectivity index (χ0) is 21.7. The highest BCUT2D eigenvalue weighted by molar-refractivity contribution is 7.16. The van der Waals surface area contributed by atoms with E-state index >= 15 is 0 Å². The van der Waals surface area contributed by atoms with Crippen LogP contribution in [0.2, 0.25) is 0 Å². The van der Waals surface area contributed by atoms with Gasteiger partial charge in [0, 0.05) is 29.5 Å². The van der Waals surface area contributed by atoms with Gasteiger partial charge in [-0.25, -0.2) is 13.8 Å². The van der Waals surface area contributed by atoms with Crippen LogP contribution in [0, 0.1) is 18.6 Å². The van der Waals surface area contributed by atoms with Crippen molar-refractivity contribution in [3.05, 3.63) is 64.5 Å². The first kappa shape index (κ1) is 21.4. The molecule has 2 aromatic carbocycles. The smallest absolute Gasteiger partial charge is 0.254 e. The van der Waals surface area contributed by atoms with Crippen molar-refractivity contribution in [3.63, 3.8) is 0 Å². The first-order valence-corrected chi connectivity index (χ1v) is 9.84. The van der Waals surface area contributed by atoms with Gasteiger partial charge in [-0.1, -0.05) is 0 Å². The van der Waals surface area contributed by atoms with Crippen LogP contribution in [0.25, 0.3) is 11.3 Å². The van der Waals surface area contributed by atoms with Crippen molar-refractivity contribution in [2.75, 3.05) is 19.0 Å². The van der Waals surface area contributed by atoms with Crippen LogP contribution in [0.15, 0.2) is 42.5 Å². The molecule has 0 radical (unpaired) electrons. The van der Waals surface area contributed by atoms with Crippen LogP contribution in [-0.4, -0.2) is 30.5 Å². The van der Waals surface area contributed by atoms with E-state index in [9.17, 15) is 18.4 Å². The summed E-state index contributed by atoms with van der Waals surface area (Å²) < 4.78 is 31.7. The van der Waals surface area contributed by atoms with Crippen molar-refractivity contribution in [2.45, 2.75) is 13.3 Å². The number of nitrogens with zero attached hydrogens (tertiary/aromatic N) is 1. The molecule has 0 aliphatic carbocycles. The lowest BCUT2D eigenvalue weighted by molar-refractivity contribution is -0.116. The third kappa shape index (κ3) is 5.18. The predicted octanol–water partition coefficient (Wildman–Crippen LogP) is 4.16. The van der Waals surface area contributed by atoms with Crippen LogP contribution in [0.5, 0.6) is 5.75 Å². The second-order valence-electron chi connectivity index (χ2n) is 6.33. The number of rotatable bonds is 7. The predicted molar refractivity (Wildman–Crippen MR) is 111 cm³/mol. The lowest BCUT2D eigenvalue weighted by atomic mass is 10.1. The van der Waals surface area contributed by atoms with E-state index in [1.807, 2.05) is 31.2 Å². The monoisotopic (exact) mass is 431 g/mol. The summed E-state index contributed by atoms with van der Waals surface area (Å²) >= 11 is 1.34. The van der Waals surface area contributed by atoms with Crippen molar-refractivity contribution in [3.8, 4) is 17.0 Å². The quantitative estimate of drug-likeness (QED) is 0.589. The highest BCUT2D eigenvalue weighted by Crippen LogP contribution is 2.31. The first-order chi connectivity index (χ1) is 14.4. The summed E-state index contributed by atoms with van der Waals surface area (Å²) in [5.74, 6) is -2.04. The number of benzene rings is 2. The molecule has 2 N–H and O–H groups in total. The Labute approximate surface area is 175 Å². The molecule has 0 fully saturated rings. The second-order valence-corrected chi connectivity index (χ2v) is 7.53. The number of carbonyl (C=O) groups excluding carboxylic acids is 2. The Bertz CT molecular complexity index is 1070. The van der Waals surface area contributed by atoms with Gasteiger partial charge in [-0.3, -0.25) is 9.59 Å². The second kappa shape index (κ2) is 9.45. The van der Waals surface area contributed by atoms with Crippen LogP contribution >= 0.6 is 11.3 Å². The first-order valence-electron chi connectivity index (χ1n) is 9.02. The highest BCUT2D eigenvalue weighted by Gasteiger charge is 2.14. The number of aromatic nitrogens is 1. The van der Waals surface area contributed by atoms with Gasteiger partial charge in [0.05, 0.1) is 18.4 Å². The Morgan fingerprint density at radius 1 is 1.13 bits per heavy atom. The van der Waals surface area contributed by atoms with Gasteiger partial charge in [0.15, 0.2) is 5.13 Å². The van der Waals surface area contributed by atoms with E-state index in [-0.39, 0.29) is 24.4 Å². The van der Waals surface area contributed by atoms with E-state index in [0.717, 1.165) is 34.0 Å². The van der Waals surface area contributed by atoms with Gasteiger partial charge in [-0.15, -0.1) is 11.3 Å². The Hall–Kier alpha value is -3.33. The Morgan fingerprint density at radius 3 is 2.53 bits per heavy atom. The number of carbonyl (C=O) groups is 2. The lowest BCUT2D eigenvalue weighted by Crippen LogP contribution is -2.28. The summed E-state index contributed by atoms with van der Waals surface area (Å²) in [6.45, 7) is 1.90. The number of thiazole rings is 1. The van der Waals surface area contributed by atoms with Gasteiger partial charge in [0.25, 0.3) is 5.91 Å². The van der Waals surface area contributed by atoms with Crippen LogP contribution in [0.3, 0.4) is 0 Å². The number of anilines is 1. The van der Waals surface area contributed by atoms with Gasteiger partial charge >= 0.3 is 0 Å². The molecule has 9 heteroatoms. The minimum absolute atomic E-state index is 0.00280. The van der Waals surface area contributed by atoms with Gasteiger partial charge in [0.1, 0.15) is 17.4 Å². The molecule has 0 bridgehead atoms. The molecular formula is C21H19F2N3O3S. The van der Waals surface area contributed by atoms with Gasteiger partial charge in [-0.2, -0.15) is 0 Å². The summed E-state index contributed by atoms with van der Waals surface area (Å²) in [5.41, 5.74) is 1.38. The van der Waals surface area contributed by atoms with E-state index in [1.165, 1.54) is 11.3 Å². The van der Waals surface area contributed by atoms with E-state index in [2.05, 4.69) is 15.6 Å². The Balaban J connectivity index is 1.54. The minimum Gasteiger partial charge on any atom is -0.497 e. The average Bonchev–Trinajstić information content (AvgIpc) is 3.07. The molecule has 0 saturated carbocycles. The van der Waals surface area contributed by atoms with Crippen molar-refractivity contribution in [2.24, 2.45) is 0 Å². The fourth-order valence-corrected chi connectivity index (χ4v) is 3.56. The third-order valence-corrected chi connectivity index (χ3v) is 5.11. The maximum atomic E-state index is 13.6. The molecular weight excluding hydrogens is 412 g/mol. The molecule has 156 valence electrons. The number of ether oxygens (including phenoxy) is 1. The van der Waals surface area contributed by atoms with Crippen molar-refractivity contribution in [1.29, 1.82) is 0 Å². The summed E-state index contributed by atoms with van der Waals surface area (Å²) in [7, 11) is 1.59. The lowest BCUT2D eigenvalue weighted by Gasteiger charge is -2.06. The number of aryl methyl sites for hydroxylation is 1. The van der Waals surface area contributed by atoms with Gasteiger partial charge < -0.3 is 15.4 Å². The molecule has 3 rings (SSSR count). The summed E-state index contributed by atoms with van der Waals surface area (Å²) in [6, 6.07) is 10.1. The molecule has 3 aromatic rings. The molecule has 0 aliphatic rings. The maximum absolute atomic E-state index is 13.6. The molecule has 1 heterocycles. The number of hydrogen-bond donors (Lipinski definition) is 2. The SMILES string of the molecule is COc1ccc(-c2nc(NC(=O)CCNC(=O)c3ccc(F)cc3F)sc2C)cc1. The van der Waals surface area contributed by atoms with Crippen LogP contribution in [0.4, 0.5) is 13.9 Å². The zero-order valence-corrected chi connectivity index (χ0v) is 17.1. The Kier molecular flexibility index (Phi) is 6.73. The Morgan fingerprint density at radius 2 is 1.87 bits per heavy atom. The molecule has 0 saturated heterocycles. The molecule has 0 unspecified atom stereocenters. The molecule has 0 atom stereocenters. The minimum atomic E-state index is -0.957. The number of nitrogens with one attached hydrogen (secondary N) is 2. The molecule has 0 aliphatic heterocycles. The number of halogens is 2. The highest BCUT2D eigenvalue weighted by atomic mass is 32.1. The van der Waals surface area contributed by atoms with E-state index in [4.69, 9.17) is 4.74 Å². The van der Waals surface area contributed by atoms with Crippen molar-refractivity contribution < 1.29 is 23.1 Å². The average molecular weight is 431 g/mol. The standard InChI is InChI=1S/C21H19F2N3O3S/c1-12-19(13-3-6-15(29-2)7-4-13)26-21(30-12)25-18(27)9-10-24-20(28)16-8-5-14(22)11-17(16)23/h3-8,11H,9-10H2,1-2H3,(H,24,28)(H,25,26,27). The molecule has 6 nitrogen and oxygen atoms in total. The fraction of sp³-hybridized carbons (Fsp3) is 0.190. The van der Waals surface area contributed by atoms with E-state index < -0.39 is 17.5 Å². The van der Waals surface area contributed by atoms with Crippen LogP contribution < -0.4 is 15.4 Å². The fourth-order valence-electron chi connectivity index (χ4n) is 2.71. The van der Waals surface area contributed by atoms with E-state index in [1.54, 1.807) is 7.11 Å². The van der Waals surface area contributed by atoms with Crippen molar-refractivity contribution in [1.82, 2.24) is 10.3 Å². The number of methoxy groups -OCH3 is 1. The normalized spacial score (nSPS) is 10.5. The summed E-state index contributed by atoms with van der Waals surface area (Å²) in [6.07, 6.45) is -0.0228. The van der Waals surface area contributed by atoms with Crippen LogP contribution in [0.1, 0.15) is 21.7 Å². The van der Waals surface area contributed by atoms with Crippen LogP contribution in [-0.2, 0) is 4.79 Å². The topological polar surface area (TPSA) is 80.3 Å². The number of amides is 2. The largest absolute Gasteiger partial charge is 0.497 e. The van der Waals surface area contributed by atoms with E-state index in [0.29, 0.717) is 11.2 Å². The summed E-state index contributed by atoms with van der Waals surface area (Å²) in [5, 5.41) is 5.58. The maximum Gasteiger partial charge on any atom is 0.254 e. The summed E-state index contributed by atoms with van der Waals surface area (Å²) in [4.78, 5) is 29.5.